The number of carbonyl (C=O) groups excluding carboxylic acids is 1. The molecule has 19 heavy (non-hydrogen) atoms. The Hall–Kier alpha value is -2.00. The van der Waals surface area contributed by atoms with E-state index in [0.717, 1.165) is 17.7 Å². The molecule has 0 aliphatic carbocycles. The maximum atomic E-state index is 11.3. The highest BCUT2D eigenvalue weighted by Gasteiger charge is 2.17. The third-order valence-corrected chi connectivity index (χ3v) is 3.35. The molecule has 0 fully saturated rings. The molecule has 2 N–H and O–H groups in total. The smallest absolute Gasteiger partial charge is 0.349 e. The van der Waals surface area contributed by atoms with E-state index in [-0.39, 0.29) is 29.7 Å². The fourth-order valence-corrected chi connectivity index (χ4v) is 2.43. The van der Waals surface area contributed by atoms with Crippen molar-refractivity contribution in [1.82, 2.24) is 5.32 Å². The van der Waals surface area contributed by atoms with Crippen molar-refractivity contribution in [3.63, 3.8) is 0 Å². The minimum atomic E-state index is -1.05. The summed E-state index contributed by atoms with van der Waals surface area (Å²) >= 11 is 1.17. The van der Waals surface area contributed by atoms with Gasteiger partial charge in [0.05, 0.1) is 6.54 Å². The van der Waals surface area contributed by atoms with Crippen LogP contribution in [0.3, 0.4) is 0 Å². The molecule has 5 nitrogen and oxygen atoms in total. The van der Waals surface area contributed by atoms with Gasteiger partial charge in [0.2, 0.25) is 0 Å². The lowest BCUT2D eigenvalue weighted by atomic mass is 10.3. The van der Waals surface area contributed by atoms with Crippen molar-refractivity contribution in [3.05, 3.63) is 15.8 Å². The maximum absolute atomic E-state index is 11.3. The molecule has 1 aromatic heterocycles. The van der Waals surface area contributed by atoms with Gasteiger partial charge in [-0.2, -0.15) is 0 Å². The van der Waals surface area contributed by atoms with Crippen molar-refractivity contribution >= 4 is 23.2 Å². The lowest BCUT2D eigenvalue weighted by molar-refractivity contribution is -0.122. The Kier molecular flexibility index (Phi) is 5.90. The summed E-state index contributed by atoms with van der Waals surface area (Å²) in [5.41, 5.74) is 0. The number of terminal acetylenes is 1. The molecular weight excluding hydrogens is 266 g/mol. The van der Waals surface area contributed by atoms with Gasteiger partial charge in [0, 0.05) is 4.88 Å². The lowest BCUT2D eigenvalue weighted by Gasteiger charge is -2.04. The van der Waals surface area contributed by atoms with Crippen LogP contribution in [0.2, 0.25) is 0 Å². The molecule has 0 unspecified atom stereocenters. The highest BCUT2D eigenvalue weighted by molar-refractivity contribution is 7.14. The van der Waals surface area contributed by atoms with E-state index in [4.69, 9.17) is 16.3 Å². The second-order valence-electron chi connectivity index (χ2n) is 3.73. The molecule has 102 valence electrons. The van der Waals surface area contributed by atoms with Crippen LogP contribution in [-0.4, -0.2) is 30.1 Å². The molecule has 0 spiro atoms. The van der Waals surface area contributed by atoms with Gasteiger partial charge in [0.15, 0.2) is 11.5 Å². The highest BCUT2D eigenvalue weighted by atomic mass is 32.1. The van der Waals surface area contributed by atoms with Gasteiger partial charge in [-0.25, -0.2) is 4.79 Å². The number of hydrogen-bond acceptors (Lipinski definition) is 4. The number of ether oxygens (including phenoxy) is 1. The van der Waals surface area contributed by atoms with Crippen LogP contribution in [0.5, 0.6) is 5.75 Å². The van der Waals surface area contributed by atoms with Crippen LogP contribution in [0.1, 0.15) is 27.9 Å². The molecule has 1 aromatic rings. The Morgan fingerprint density at radius 1 is 1.58 bits per heavy atom. The average Bonchev–Trinajstić information content (AvgIpc) is 2.77. The molecule has 0 saturated heterocycles. The van der Waals surface area contributed by atoms with Crippen molar-refractivity contribution < 1.29 is 19.4 Å². The molecule has 0 saturated carbocycles. The van der Waals surface area contributed by atoms with Crippen LogP contribution in [0, 0.1) is 12.3 Å². The lowest BCUT2D eigenvalue weighted by Crippen LogP contribution is -2.29. The molecule has 6 heteroatoms. The number of carboxylic acid groups (broad SMARTS) is 1. The van der Waals surface area contributed by atoms with Crippen molar-refractivity contribution in [2.75, 3.05) is 13.2 Å². The first-order valence-electron chi connectivity index (χ1n) is 5.77. The summed E-state index contributed by atoms with van der Waals surface area (Å²) in [6, 6.07) is 1.67. The van der Waals surface area contributed by atoms with Crippen LogP contribution < -0.4 is 10.1 Å². The largest absolute Gasteiger partial charge is 0.482 e. The van der Waals surface area contributed by atoms with E-state index < -0.39 is 5.97 Å². The van der Waals surface area contributed by atoms with Gasteiger partial charge in [-0.05, 0) is 12.5 Å². The van der Waals surface area contributed by atoms with E-state index in [0.29, 0.717) is 0 Å². The van der Waals surface area contributed by atoms with Crippen molar-refractivity contribution in [2.45, 2.75) is 19.8 Å². The van der Waals surface area contributed by atoms with E-state index in [1.54, 1.807) is 6.07 Å². The minimum Gasteiger partial charge on any atom is -0.482 e. The molecule has 0 aromatic carbocycles. The summed E-state index contributed by atoms with van der Waals surface area (Å²) in [5, 5.41) is 11.5. The number of carboxylic acids is 1. The first kappa shape index (κ1) is 15.1. The number of rotatable bonds is 7. The topological polar surface area (TPSA) is 75.6 Å². The summed E-state index contributed by atoms with van der Waals surface area (Å²) < 4.78 is 5.23. The van der Waals surface area contributed by atoms with Gasteiger partial charge in [0.1, 0.15) is 5.75 Å². The van der Waals surface area contributed by atoms with Crippen molar-refractivity contribution in [3.8, 4) is 18.1 Å². The molecular formula is C13H15NO4S. The van der Waals surface area contributed by atoms with Gasteiger partial charge < -0.3 is 15.2 Å². The first-order valence-corrected chi connectivity index (χ1v) is 6.59. The summed E-state index contributed by atoms with van der Waals surface area (Å²) in [4.78, 5) is 23.4. The Morgan fingerprint density at radius 3 is 2.89 bits per heavy atom. The van der Waals surface area contributed by atoms with Gasteiger partial charge in [-0.1, -0.05) is 19.3 Å². The Bertz CT molecular complexity index is 501. The number of hydrogen-bond donors (Lipinski definition) is 2. The fourth-order valence-electron chi connectivity index (χ4n) is 1.39. The molecule has 0 aliphatic rings. The fraction of sp³-hybridized carbons (Fsp3) is 0.385. The molecule has 1 amide bonds. The van der Waals surface area contributed by atoms with Gasteiger partial charge in [0.25, 0.3) is 5.91 Å². The molecule has 0 aliphatic heterocycles. The van der Waals surface area contributed by atoms with Crippen molar-refractivity contribution in [1.29, 1.82) is 0 Å². The summed E-state index contributed by atoms with van der Waals surface area (Å²) in [6.45, 7) is 1.89. The SMILES string of the molecule is C#CCNC(=O)COc1cc(CCC)sc1C(=O)O. The average molecular weight is 281 g/mol. The number of amides is 1. The van der Waals surface area contributed by atoms with E-state index in [1.165, 1.54) is 11.3 Å². The molecule has 0 atom stereocenters. The number of nitrogens with one attached hydrogen (secondary N) is 1. The van der Waals surface area contributed by atoms with Crippen LogP contribution >= 0.6 is 11.3 Å². The van der Waals surface area contributed by atoms with Crippen LogP contribution in [0.15, 0.2) is 6.07 Å². The molecule has 1 heterocycles. The van der Waals surface area contributed by atoms with E-state index in [1.807, 2.05) is 6.92 Å². The Balaban J connectivity index is 2.68. The normalized spacial score (nSPS) is 9.68. The zero-order valence-electron chi connectivity index (χ0n) is 10.6. The van der Waals surface area contributed by atoms with E-state index in [9.17, 15) is 9.59 Å². The second-order valence-corrected chi connectivity index (χ2v) is 4.87. The predicted molar refractivity (Wildman–Crippen MR) is 72.6 cm³/mol. The zero-order chi connectivity index (χ0) is 14.3. The number of carbonyl (C=O) groups is 2. The van der Waals surface area contributed by atoms with Crippen LogP contribution in [-0.2, 0) is 11.2 Å². The Morgan fingerprint density at radius 2 is 2.32 bits per heavy atom. The standard InChI is InChI=1S/C13H15NO4S/c1-3-5-9-7-10(12(19-9)13(16)17)18-8-11(15)14-6-4-2/h2,7H,3,5-6,8H2,1H3,(H,14,15)(H,16,17). The van der Waals surface area contributed by atoms with Crippen molar-refractivity contribution in [2.24, 2.45) is 0 Å². The predicted octanol–water partition coefficient (Wildman–Crippen LogP) is 1.53. The summed E-state index contributed by atoms with van der Waals surface area (Å²) in [7, 11) is 0. The van der Waals surface area contributed by atoms with Crippen LogP contribution in [0.4, 0.5) is 0 Å². The molecule has 0 radical (unpaired) electrons. The first-order chi connectivity index (χ1) is 9.08. The monoisotopic (exact) mass is 281 g/mol. The van der Waals surface area contributed by atoms with Gasteiger partial charge in [-0.15, -0.1) is 17.8 Å². The Labute approximate surface area is 115 Å². The molecule has 0 bridgehead atoms. The summed E-state index contributed by atoms with van der Waals surface area (Å²) in [6.07, 6.45) is 6.71. The zero-order valence-corrected chi connectivity index (χ0v) is 11.4. The minimum absolute atomic E-state index is 0.119. The summed E-state index contributed by atoms with van der Waals surface area (Å²) in [5.74, 6) is 1.07. The number of aromatic carboxylic acids is 1. The number of thiophene rings is 1. The molecule has 1 rings (SSSR count). The second kappa shape index (κ2) is 7.44. The van der Waals surface area contributed by atoms with E-state index in [2.05, 4.69) is 11.2 Å². The number of aryl methyl sites for hydroxylation is 1. The van der Waals surface area contributed by atoms with Gasteiger partial charge in [-0.3, -0.25) is 4.79 Å². The van der Waals surface area contributed by atoms with Gasteiger partial charge >= 0.3 is 5.97 Å². The van der Waals surface area contributed by atoms with E-state index >= 15 is 0 Å². The third-order valence-electron chi connectivity index (χ3n) is 2.19. The highest BCUT2D eigenvalue weighted by Crippen LogP contribution is 2.30. The third kappa shape index (κ3) is 4.64. The quantitative estimate of drug-likeness (QED) is 0.743. The van der Waals surface area contributed by atoms with Crippen LogP contribution in [0.25, 0.3) is 0 Å². The maximum Gasteiger partial charge on any atom is 0.349 e.